The third-order valence-corrected chi connectivity index (χ3v) is 3.92. The Hall–Kier alpha value is -0.530. The molecule has 0 radical (unpaired) electrons. The van der Waals surface area contributed by atoms with Crippen molar-refractivity contribution in [1.82, 2.24) is 0 Å². The molecule has 0 amide bonds. The normalized spacial score (nSPS) is 38.6. The van der Waals surface area contributed by atoms with Crippen LogP contribution in [0.3, 0.4) is 0 Å². The second kappa shape index (κ2) is 3.69. The molecule has 0 heterocycles. The zero-order valence-corrected chi connectivity index (χ0v) is 8.04. The fourth-order valence-electron chi connectivity index (χ4n) is 3.35. The zero-order chi connectivity index (χ0) is 9.26. The number of hydrogen-bond acceptors (Lipinski definition) is 1. The van der Waals surface area contributed by atoms with Gasteiger partial charge in [-0.25, -0.2) is 0 Å². The Morgan fingerprint density at radius 2 is 1.54 bits per heavy atom. The molecule has 0 spiro atoms. The van der Waals surface area contributed by atoms with E-state index < -0.39 is 5.97 Å². The second-order valence-corrected chi connectivity index (χ2v) is 4.64. The van der Waals surface area contributed by atoms with Gasteiger partial charge in [0.05, 0.1) is 0 Å². The van der Waals surface area contributed by atoms with E-state index in [9.17, 15) is 4.79 Å². The Kier molecular flexibility index (Phi) is 2.56. The van der Waals surface area contributed by atoms with Crippen molar-refractivity contribution in [3.8, 4) is 0 Å². The van der Waals surface area contributed by atoms with Crippen LogP contribution in [-0.2, 0) is 4.79 Å². The lowest BCUT2D eigenvalue weighted by atomic mass is 9.63. The van der Waals surface area contributed by atoms with E-state index in [1.54, 1.807) is 0 Å². The van der Waals surface area contributed by atoms with Gasteiger partial charge >= 0.3 is 5.97 Å². The molecule has 0 aromatic heterocycles. The quantitative estimate of drug-likeness (QED) is 0.713. The molecule has 0 atom stereocenters. The van der Waals surface area contributed by atoms with Crippen molar-refractivity contribution in [2.24, 2.45) is 17.8 Å². The molecular formula is C11H18O2. The van der Waals surface area contributed by atoms with Gasteiger partial charge in [0.15, 0.2) is 0 Å². The number of aliphatic carboxylic acids is 1. The van der Waals surface area contributed by atoms with Gasteiger partial charge in [-0.05, 0) is 17.8 Å². The maximum absolute atomic E-state index is 10.7. The van der Waals surface area contributed by atoms with Gasteiger partial charge < -0.3 is 5.11 Å². The van der Waals surface area contributed by atoms with Crippen molar-refractivity contribution in [3.05, 3.63) is 0 Å². The van der Waals surface area contributed by atoms with E-state index in [0.29, 0.717) is 12.3 Å². The fraction of sp³-hybridized carbons (Fsp3) is 0.909. The van der Waals surface area contributed by atoms with Crippen LogP contribution >= 0.6 is 0 Å². The molecule has 2 nitrogen and oxygen atoms in total. The fourth-order valence-corrected chi connectivity index (χ4v) is 3.35. The predicted octanol–water partition coefficient (Wildman–Crippen LogP) is 2.68. The van der Waals surface area contributed by atoms with Gasteiger partial charge in [-0.15, -0.1) is 0 Å². The molecule has 2 bridgehead atoms. The van der Waals surface area contributed by atoms with Crippen molar-refractivity contribution >= 4 is 5.97 Å². The van der Waals surface area contributed by atoms with E-state index in [-0.39, 0.29) is 0 Å². The summed E-state index contributed by atoms with van der Waals surface area (Å²) in [6.45, 7) is 0. The van der Waals surface area contributed by atoms with Crippen LogP contribution in [0.4, 0.5) is 0 Å². The zero-order valence-electron chi connectivity index (χ0n) is 8.04. The number of hydrogen-bond donors (Lipinski definition) is 1. The molecule has 0 aliphatic heterocycles. The van der Waals surface area contributed by atoms with Gasteiger partial charge in [0.25, 0.3) is 0 Å². The van der Waals surface area contributed by atoms with Crippen molar-refractivity contribution in [1.29, 1.82) is 0 Å². The van der Waals surface area contributed by atoms with Crippen molar-refractivity contribution < 1.29 is 9.90 Å². The minimum Gasteiger partial charge on any atom is -0.481 e. The smallest absolute Gasteiger partial charge is 0.303 e. The Labute approximate surface area is 79.3 Å². The van der Waals surface area contributed by atoms with Crippen LogP contribution < -0.4 is 0 Å². The van der Waals surface area contributed by atoms with E-state index in [2.05, 4.69) is 0 Å². The summed E-state index contributed by atoms with van der Waals surface area (Å²) in [6, 6.07) is 0. The minimum atomic E-state index is -0.594. The summed E-state index contributed by atoms with van der Waals surface area (Å²) in [5, 5.41) is 8.82. The minimum absolute atomic E-state index is 0.426. The highest BCUT2D eigenvalue weighted by Gasteiger charge is 2.36. The second-order valence-electron chi connectivity index (χ2n) is 4.64. The average Bonchev–Trinajstić information content (AvgIpc) is 2.02. The molecule has 2 aliphatic rings. The van der Waals surface area contributed by atoms with Gasteiger partial charge in [-0.3, -0.25) is 4.79 Å². The molecule has 0 unspecified atom stereocenters. The summed E-state index contributed by atoms with van der Waals surface area (Å²) < 4.78 is 0. The molecular weight excluding hydrogens is 164 g/mol. The van der Waals surface area contributed by atoms with E-state index in [1.165, 1.54) is 38.5 Å². The van der Waals surface area contributed by atoms with Gasteiger partial charge in [0.1, 0.15) is 0 Å². The molecule has 2 aliphatic carbocycles. The monoisotopic (exact) mass is 182 g/mol. The van der Waals surface area contributed by atoms with Crippen LogP contribution in [0.2, 0.25) is 0 Å². The topological polar surface area (TPSA) is 37.3 Å². The summed E-state index contributed by atoms with van der Waals surface area (Å²) in [4.78, 5) is 10.7. The Bertz CT molecular complexity index is 178. The molecule has 2 rings (SSSR count). The highest BCUT2D eigenvalue weighted by Crippen LogP contribution is 2.45. The van der Waals surface area contributed by atoms with Crippen LogP contribution in [0.15, 0.2) is 0 Å². The lowest BCUT2D eigenvalue weighted by Crippen LogP contribution is -2.33. The third-order valence-electron chi connectivity index (χ3n) is 3.92. The lowest BCUT2D eigenvalue weighted by Gasteiger charge is -2.42. The first kappa shape index (κ1) is 9.04. The molecule has 2 heteroatoms. The van der Waals surface area contributed by atoms with E-state index >= 15 is 0 Å². The van der Waals surface area contributed by atoms with Gasteiger partial charge in [0.2, 0.25) is 0 Å². The highest BCUT2D eigenvalue weighted by atomic mass is 16.4. The van der Waals surface area contributed by atoms with E-state index in [0.717, 1.165) is 11.8 Å². The molecule has 13 heavy (non-hydrogen) atoms. The maximum Gasteiger partial charge on any atom is 0.303 e. The van der Waals surface area contributed by atoms with Crippen molar-refractivity contribution in [3.63, 3.8) is 0 Å². The maximum atomic E-state index is 10.7. The Morgan fingerprint density at radius 3 is 1.92 bits per heavy atom. The summed E-state index contributed by atoms with van der Waals surface area (Å²) in [5.41, 5.74) is 0. The third kappa shape index (κ3) is 1.87. The Balaban J connectivity index is 2.02. The molecule has 74 valence electrons. The summed E-state index contributed by atoms with van der Waals surface area (Å²) in [6.07, 6.45) is 8.25. The molecule has 0 aromatic rings. The first-order chi connectivity index (χ1) is 6.27. The molecule has 0 saturated heterocycles. The number of rotatable bonds is 2. The first-order valence-corrected chi connectivity index (χ1v) is 5.49. The summed E-state index contributed by atoms with van der Waals surface area (Å²) >= 11 is 0. The first-order valence-electron chi connectivity index (χ1n) is 5.49. The molecule has 2 fully saturated rings. The SMILES string of the molecule is O=C(O)CC1C2CCCC1CCC2. The van der Waals surface area contributed by atoms with Gasteiger partial charge in [-0.2, -0.15) is 0 Å². The van der Waals surface area contributed by atoms with E-state index in [1.807, 2.05) is 0 Å². The van der Waals surface area contributed by atoms with Crippen LogP contribution in [0.25, 0.3) is 0 Å². The Morgan fingerprint density at radius 1 is 1.08 bits per heavy atom. The number of fused-ring (bicyclic) bond motifs is 2. The largest absolute Gasteiger partial charge is 0.481 e. The number of carboxylic acids is 1. The predicted molar refractivity (Wildman–Crippen MR) is 50.4 cm³/mol. The molecule has 0 aromatic carbocycles. The standard InChI is InChI=1S/C11H18O2/c12-11(13)7-10-8-3-1-4-9(10)6-2-5-8/h8-10H,1-7H2,(H,12,13). The van der Waals surface area contributed by atoms with Gasteiger partial charge in [0, 0.05) is 6.42 Å². The lowest BCUT2D eigenvalue weighted by molar-refractivity contribution is -0.140. The van der Waals surface area contributed by atoms with Crippen LogP contribution in [0.5, 0.6) is 0 Å². The number of carboxylic acid groups (broad SMARTS) is 1. The highest BCUT2D eigenvalue weighted by molar-refractivity contribution is 5.67. The van der Waals surface area contributed by atoms with E-state index in [4.69, 9.17) is 5.11 Å². The van der Waals surface area contributed by atoms with Crippen LogP contribution in [0, 0.1) is 17.8 Å². The van der Waals surface area contributed by atoms with Crippen LogP contribution in [-0.4, -0.2) is 11.1 Å². The van der Waals surface area contributed by atoms with Gasteiger partial charge in [-0.1, -0.05) is 38.5 Å². The summed E-state index contributed by atoms with van der Waals surface area (Å²) in [5.74, 6) is 1.40. The molecule has 2 saturated carbocycles. The van der Waals surface area contributed by atoms with Crippen molar-refractivity contribution in [2.75, 3.05) is 0 Å². The average molecular weight is 182 g/mol. The molecule has 1 N–H and O–H groups in total. The van der Waals surface area contributed by atoms with Crippen molar-refractivity contribution in [2.45, 2.75) is 44.9 Å². The summed E-state index contributed by atoms with van der Waals surface area (Å²) in [7, 11) is 0. The van der Waals surface area contributed by atoms with Crippen LogP contribution in [0.1, 0.15) is 44.9 Å². The number of carbonyl (C=O) groups is 1.